The Kier molecular flexibility index (Phi) is 19.3. The van der Waals surface area contributed by atoms with E-state index in [0.717, 1.165) is 0 Å². The molecule has 1 aliphatic rings. The van der Waals surface area contributed by atoms with E-state index in [0.29, 0.717) is 0 Å². The molecule has 0 atom stereocenters. The molecule has 0 nitrogen and oxygen atoms in total. The van der Waals surface area contributed by atoms with Crippen LogP contribution >= 0.6 is 0 Å². The molecule has 0 bridgehead atoms. The molecule has 0 aromatic carbocycles. The Morgan fingerprint density at radius 3 is 0.857 bits per heavy atom. The van der Waals surface area contributed by atoms with Crippen molar-refractivity contribution < 1.29 is 16.8 Å². The van der Waals surface area contributed by atoms with E-state index in [1.165, 1.54) is 70.6 Å². The van der Waals surface area contributed by atoms with Crippen LogP contribution in [0.25, 0.3) is 0 Å². The second-order valence-corrected chi connectivity index (χ2v) is 4.18. The molecule has 0 heterocycles. The van der Waals surface area contributed by atoms with E-state index < -0.39 is 0 Å². The van der Waals surface area contributed by atoms with E-state index in [1.807, 2.05) is 0 Å². The molecule has 1 rings (SSSR count). The van der Waals surface area contributed by atoms with Gasteiger partial charge >= 0.3 is 0 Å². The molecule has 1 saturated carbocycles. The molecule has 14 heavy (non-hydrogen) atoms. The summed E-state index contributed by atoms with van der Waals surface area (Å²) in [5.41, 5.74) is 0. The Bertz CT molecular complexity index is 55.3. The zero-order chi connectivity index (χ0) is 9.78. The Morgan fingerprint density at radius 1 is 0.571 bits per heavy atom. The van der Waals surface area contributed by atoms with Crippen molar-refractivity contribution in [3.8, 4) is 0 Å². The van der Waals surface area contributed by atoms with Crippen molar-refractivity contribution in [2.75, 3.05) is 0 Å². The van der Waals surface area contributed by atoms with Crippen LogP contribution in [0.4, 0.5) is 0 Å². The minimum absolute atomic E-state index is 0. The minimum atomic E-state index is 0. The van der Waals surface area contributed by atoms with Gasteiger partial charge in [-0.25, -0.2) is 0 Å². The monoisotopic (exact) mass is 243 g/mol. The van der Waals surface area contributed by atoms with Crippen LogP contribution in [0.3, 0.4) is 0 Å². The first-order valence-corrected chi connectivity index (χ1v) is 6.41. The maximum absolute atomic E-state index is 2.21. The number of hydrogen-bond acceptors (Lipinski definition) is 0. The molecule has 0 aromatic rings. The van der Waals surface area contributed by atoms with Crippen molar-refractivity contribution in [1.29, 1.82) is 0 Å². The first-order chi connectivity index (χ1) is 6.41. The summed E-state index contributed by atoms with van der Waals surface area (Å²) in [5.74, 6) is 0. The molecule has 0 aromatic heterocycles. The van der Waals surface area contributed by atoms with Gasteiger partial charge in [0.15, 0.2) is 0 Å². The van der Waals surface area contributed by atoms with Gasteiger partial charge in [-0.15, -0.1) is 0 Å². The standard InChI is InChI=1S/C8H16.C5H12.Co/c1-2-4-6-8-7-5-3-1;1-3-5-4-2;/h1-8H2;3-5H2,1-2H3;. The maximum Gasteiger partial charge on any atom is 0 e. The Morgan fingerprint density at radius 2 is 0.786 bits per heavy atom. The maximum atomic E-state index is 2.21. The third-order valence-electron chi connectivity index (χ3n) is 2.71. The van der Waals surface area contributed by atoms with Crippen molar-refractivity contribution in [2.45, 2.75) is 84.5 Å². The summed E-state index contributed by atoms with van der Waals surface area (Å²) in [5, 5.41) is 0. The second-order valence-electron chi connectivity index (χ2n) is 4.18. The van der Waals surface area contributed by atoms with Gasteiger partial charge in [-0.1, -0.05) is 84.5 Å². The molecular weight excluding hydrogens is 215 g/mol. The Labute approximate surface area is 101 Å². The van der Waals surface area contributed by atoms with Gasteiger partial charge in [0.2, 0.25) is 0 Å². The van der Waals surface area contributed by atoms with E-state index in [9.17, 15) is 0 Å². The van der Waals surface area contributed by atoms with E-state index in [2.05, 4.69) is 13.8 Å². The molecule has 0 N–H and O–H groups in total. The fourth-order valence-corrected chi connectivity index (χ4v) is 1.77. The SMILES string of the molecule is C1CCCCCCC1.CCCCC.[Co]. The van der Waals surface area contributed by atoms with E-state index in [4.69, 9.17) is 0 Å². The fourth-order valence-electron chi connectivity index (χ4n) is 1.77. The van der Waals surface area contributed by atoms with Gasteiger partial charge in [0, 0.05) is 16.8 Å². The van der Waals surface area contributed by atoms with Crippen molar-refractivity contribution in [3.63, 3.8) is 0 Å². The van der Waals surface area contributed by atoms with Crippen molar-refractivity contribution in [1.82, 2.24) is 0 Å². The molecule has 89 valence electrons. The first-order valence-electron chi connectivity index (χ1n) is 6.41. The van der Waals surface area contributed by atoms with Crippen LogP contribution in [-0.4, -0.2) is 0 Å². The normalized spacial score (nSPS) is 16.7. The fraction of sp³-hybridized carbons (Fsp3) is 1.00. The number of unbranched alkanes of at least 4 members (excludes halogenated alkanes) is 2. The Balaban J connectivity index is 0. The molecule has 1 radical (unpaired) electrons. The average molecular weight is 243 g/mol. The summed E-state index contributed by atoms with van der Waals surface area (Å²) in [6.07, 6.45) is 16.1. The minimum Gasteiger partial charge on any atom is -0.0654 e. The average Bonchev–Trinajstić information content (AvgIpc) is 2.05. The quantitative estimate of drug-likeness (QED) is 0.616. The van der Waals surface area contributed by atoms with Crippen LogP contribution in [0.15, 0.2) is 0 Å². The third kappa shape index (κ3) is 15.0. The summed E-state index contributed by atoms with van der Waals surface area (Å²) < 4.78 is 0. The zero-order valence-corrected chi connectivity index (χ0v) is 11.2. The van der Waals surface area contributed by atoms with Crippen molar-refractivity contribution in [2.24, 2.45) is 0 Å². The van der Waals surface area contributed by atoms with Gasteiger partial charge in [0.1, 0.15) is 0 Å². The third-order valence-corrected chi connectivity index (χ3v) is 2.71. The molecule has 0 unspecified atom stereocenters. The van der Waals surface area contributed by atoms with Crippen LogP contribution in [0, 0.1) is 0 Å². The molecular formula is C13H28Co. The summed E-state index contributed by atoms with van der Waals surface area (Å²) in [6.45, 7) is 4.42. The van der Waals surface area contributed by atoms with Crippen LogP contribution in [0.1, 0.15) is 84.5 Å². The van der Waals surface area contributed by atoms with Gasteiger partial charge in [-0.05, 0) is 0 Å². The predicted octanol–water partition coefficient (Wildman–Crippen LogP) is 5.31. The summed E-state index contributed by atoms with van der Waals surface area (Å²) >= 11 is 0. The Hall–Kier alpha value is 0.506. The molecule has 0 spiro atoms. The smallest absolute Gasteiger partial charge is 0 e. The molecule has 0 saturated heterocycles. The topological polar surface area (TPSA) is 0 Å². The van der Waals surface area contributed by atoms with Gasteiger partial charge in [0.05, 0.1) is 0 Å². The zero-order valence-electron chi connectivity index (χ0n) is 10.1. The van der Waals surface area contributed by atoms with E-state index >= 15 is 0 Å². The van der Waals surface area contributed by atoms with Crippen LogP contribution in [0.5, 0.6) is 0 Å². The largest absolute Gasteiger partial charge is 0.0654 e. The van der Waals surface area contributed by atoms with E-state index in [1.54, 1.807) is 0 Å². The summed E-state index contributed by atoms with van der Waals surface area (Å²) in [4.78, 5) is 0. The molecule has 0 aliphatic heterocycles. The molecule has 1 aliphatic carbocycles. The van der Waals surface area contributed by atoms with E-state index in [-0.39, 0.29) is 16.8 Å². The van der Waals surface area contributed by atoms with Gasteiger partial charge < -0.3 is 0 Å². The molecule has 1 heteroatoms. The van der Waals surface area contributed by atoms with Crippen LogP contribution in [-0.2, 0) is 16.8 Å². The van der Waals surface area contributed by atoms with Crippen LogP contribution in [0.2, 0.25) is 0 Å². The number of hydrogen-bond donors (Lipinski definition) is 0. The number of rotatable bonds is 2. The summed E-state index contributed by atoms with van der Waals surface area (Å²) in [7, 11) is 0. The van der Waals surface area contributed by atoms with Crippen molar-refractivity contribution in [3.05, 3.63) is 0 Å². The van der Waals surface area contributed by atoms with Gasteiger partial charge in [-0.3, -0.25) is 0 Å². The van der Waals surface area contributed by atoms with Gasteiger partial charge in [-0.2, -0.15) is 0 Å². The summed E-state index contributed by atoms with van der Waals surface area (Å²) in [6, 6.07) is 0. The second kappa shape index (κ2) is 16.0. The predicted molar refractivity (Wildman–Crippen MR) is 62.1 cm³/mol. The molecule has 0 amide bonds. The van der Waals surface area contributed by atoms with Crippen molar-refractivity contribution >= 4 is 0 Å². The first kappa shape index (κ1) is 16.9. The molecule has 1 fully saturated rings. The van der Waals surface area contributed by atoms with Gasteiger partial charge in [0.25, 0.3) is 0 Å². The van der Waals surface area contributed by atoms with Crippen LogP contribution < -0.4 is 0 Å².